The van der Waals surface area contributed by atoms with Gasteiger partial charge in [0.2, 0.25) is 0 Å². The van der Waals surface area contributed by atoms with E-state index in [4.69, 9.17) is 10.5 Å². The van der Waals surface area contributed by atoms with E-state index in [1.165, 1.54) is 25.7 Å². The van der Waals surface area contributed by atoms with Crippen LogP contribution in [0.1, 0.15) is 39.5 Å². The van der Waals surface area contributed by atoms with Crippen LogP contribution in [0.25, 0.3) is 0 Å². The number of pyridine rings is 1. The average Bonchev–Trinajstić information content (AvgIpc) is 2.43. The van der Waals surface area contributed by atoms with Crippen molar-refractivity contribution in [2.75, 3.05) is 23.3 Å². The van der Waals surface area contributed by atoms with Gasteiger partial charge in [-0.05, 0) is 57.1 Å². The van der Waals surface area contributed by atoms with E-state index in [1.807, 2.05) is 6.20 Å². The molecule has 126 valence electrons. The lowest BCUT2D eigenvalue weighted by Gasteiger charge is -2.57. The van der Waals surface area contributed by atoms with E-state index in [0.717, 1.165) is 24.6 Å². The number of morpholine rings is 1. The largest absolute Gasteiger partial charge is 0.381 e. The van der Waals surface area contributed by atoms with Gasteiger partial charge in [-0.25, -0.2) is 4.98 Å². The maximum Gasteiger partial charge on any atom is 0.128 e. The summed E-state index contributed by atoms with van der Waals surface area (Å²) in [6.07, 6.45) is 7.46. The number of rotatable bonds is 3. The van der Waals surface area contributed by atoms with E-state index >= 15 is 0 Å². The molecule has 3 fully saturated rings. The van der Waals surface area contributed by atoms with Crippen molar-refractivity contribution >= 4 is 11.5 Å². The summed E-state index contributed by atoms with van der Waals surface area (Å²) >= 11 is 0. The fourth-order valence-electron chi connectivity index (χ4n) is 4.73. The molecule has 1 aromatic heterocycles. The lowest BCUT2D eigenvalue weighted by atomic mass is 9.52. The van der Waals surface area contributed by atoms with Gasteiger partial charge in [0.05, 0.1) is 24.1 Å². The first-order valence-electron chi connectivity index (χ1n) is 8.90. The molecule has 2 saturated carbocycles. The van der Waals surface area contributed by atoms with Crippen molar-refractivity contribution in [3.8, 4) is 0 Å². The second-order valence-corrected chi connectivity index (χ2v) is 7.99. The molecule has 5 nitrogen and oxygen atoms in total. The molecule has 4 rings (SSSR count). The fraction of sp³-hybridized carbons (Fsp3) is 0.722. The standard InChI is InChI=1S/C18H28N4O/c1-12-10-22(11-13(2)23-12)17-4-3-15(9-20-17)21-16-7-18(8-16)5-14(19)6-18/h3-4,9,12-14,16,21H,5-8,10-11,19H2,1-2H3. The van der Waals surface area contributed by atoms with Gasteiger partial charge >= 0.3 is 0 Å². The molecule has 23 heavy (non-hydrogen) atoms. The van der Waals surface area contributed by atoms with E-state index in [9.17, 15) is 0 Å². The van der Waals surface area contributed by atoms with Gasteiger partial charge < -0.3 is 20.7 Å². The summed E-state index contributed by atoms with van der Waals surface area (Å²) in [5.41, 5.74) is 7.63. The van der Waals surface area contributed by atoms with Crippen molar-refractivity contribution in [2.45, 2.75) is 63.8 Å². The Morgan fingerprint density at radius 3 is 2.43 bits per heavy atom. The van der Waals surface area contributed by atoms with E-state index in [2.05, 4.69) is 41.2 Å². The molecule has 1 saturated heterocycles. The molecule has 2 atom stereocenters. The molecule has 0 amide bonds. The Kier molecular flexibility index (Phi) is 3.73. The second-order valence-electron chi connectivity index (χ2n) is 7.99. The van der Waals surface area contributed by atoms with Crippen LogP contribution in [-0.4, -0.2) is 42.4 Å². The Hall–Kier alpha value is -1.33. The molecule has 2 aliphatic carbocycles. The molecule has 0 bridgehead atoms. The predicted octanol–water partition coefficient (Wildman–Crippen LogP) is 2.38. The average molecular weight is 316 g/mol. The van der Waals surface area contributed by atoms with Gasteiger partial charge in [0.15, 0.2) is 0 Å². The van der Waals surface area contributed by atoms with Crippen LogP contribution in [0, 0.1) is 5.41 Å². The van der Waals surface area contributed by atoms with Crippen LogP contribution in [0.5, 0.6) is 0 Å². The van der Waals surface area contributed by atoms with Gasteiger partial charge in [0.25, 0.3) is 0 Å². The summed E-state index contributed by atoms with van der Waals surface area (Å²) in [5.74, 6) is 1.05. The van der Waals surface area contributed by atoms with Crippen molar-refractivity contribution in [2.24, 2.45) is 11.1 Å². The zero-order chi connectivity index (χ0) is 16.0. The Labute approximate surface area is 138 Å². The summed E-state index contributed by atoms with van der Waals surface area (Å²) < 4.78 is 5.79. The zero-order valence-electron chi connectivity index (χ0n) is 14.2. The maximum absolute atomic E-state index is 5.92. The third-order valence-corrected chi connectivity index (χ3v) is 5.61. The molecule has 0 radical (unpaired) electrons. The van der Waals surface area contributed by atoms with Crippen LogP contribution in [0.3, 0.4) is 0 Å². The molecule has 5 heteroatoms. The third-order valence-electron chi connectivity index (χ3n) is 5.61. The highest BCUT2D eigenvalue weighted by Crippen LogP contribution is 2.55. The van der Waals surface area contributed by atoms with Crippen molar-refractivity contribution in [3.05, 3.63) is 18.3 Å². The predicted molar refractivity (Wildman–Crippen MR) is 92.7 cm³/mol. The number of ether oxygens (including phenoxy) is 1. The lowest BCUT2D eigenvalue weighted by molar-refractivity contribution is -0.00545. The Morgan fingerprint density at radius 2 is 1.87 bits per heavy atom. The van der Waals surface area contributed by atoms with Crippen molar-refractivity contribution in [1.29, 1.82) is 0 Å². The minimum absolute atomic E-state index is 0.262. The Balaban J connectivity index is 1.32. The minimum atomic E-state index is 0.262. The van der Waals surface area contributed by atoms with E-state index < -0.39 is 0 Å². The molecule has 1 spiro atoms. The van der Waals surface area contributed by atoms with Crippen LogP contribution >= 0.6 is 0 Å². The monoisotopic (exact) mass is 316 g/mol. The van der Waals surface area contributed by atoms with Gasteiger partial charge in [-0.1, -0.05) is 0 Å². The highest BCUT2D eigenvalue weighted by Gasteiger charge is 2.51. The van der Waals surface area contributed by atoms with Gasteiger partial charge in [-0.3, -0.25) is 0 Å². The quantitative estimate of drug-likeness (QED) is 0.896. The van der Waals surface area contributed by atoms with Gasteiger partial charge in [0, 0.05) is 25.2 Å². The normalized spacial score (nSPS) is 39.7. The Bertz CT molecular complexity index is 537. The van der Waals surface area contributed by atoms with Crippen molar-refractivity contribution in [1.82, 2.24) is 4.98 Å². The first kappa shape index (κ1) is 15.2. The molecule has 2 heterocycles. The topological polar surface area (TPSA) is 63.4 Å². The van der Waals surface area contributed by atoms with Gasteiger partial charge in [0.1, 0.15) is 5.82 Å². The van der Waals surface area contributed by atoms with Crippen molar-refractivity contribution in [3.63, 3.8) is 0 Å². The SMILES string of the molecule is CC1CN(c2ccc(NC3CC4(CC(N)C4)C3)cn2)CC(C)O1. The molecular formula is C18H28N4O. The van der Waals surface area contributed by atoms with E-state index in [0.29, 0.717) is 17.5 Å². The number of anilines is 2. The van der Waals surface area contributed by atoms with E-state index in [-0.39, 0.29) is 12.2 Å². The van der Waals surface area contributed by atoms with Crippen molar-refractivity contribution < 1.29 is 4.74 Å². The highest BCUT2D eigenvalue weighted by molar-refractivity contribution is 5.50. The molecule has 3 aliphatic rings. The summed E-state index contributed by atoms with van der Waals surface area (Å²) in [4.78, 5) is 6.97. The number of nitrogens with two attached hydrogens (primary N) is 1. The first-order chi connectivity index (χ1) is 11.0. The smallest absolute Gasteiger partial charge is 0.128 e. The molecule has 2 unspecified atom stereocenters. The van der Waals surface area contributed by atoms with Crippen LogP contribution in [0.15, 0.2) is 18.3 Å². The fourth-order valence-corrected chi connectivity index (χ4v) is 4.73. The Morgan fingerprint density at radius 1 is 1.17 bits per heavy atom. The zero-order valence-corrected chi connectivity index (χ0v) is 14.2. The number of nitrogens with one attached hydrogen (secondary N) is 1. The second kappa shape index (κ2) is 5.64. The van der Waals surface area contributed by atoms with E-state index in [1.54, 1.807) is 0 Å². The van der Waals surface area contributed by atoms with Gasteiger partial charge in [-0.15, -0.1) is 0 Å². The van der Waals surface area contributed by atoms with Crippen LogP contribution in [-0.2, 0) is 4.74 Å². The number of hydrogen-bond donors (Lipinski definition) is 2. The third kappa shape index (κ3) is 3.04. The summed E-state index contributed by atoms with van der Waals surface area (Å²) in [5, 5.41) is 3.62. The van der Waals surface area contributed by atoms with Crippen LogP contribution in [0.2, 0.25) is 0 Å². The molecule has 1 aliphatic heterocycles. The van der Waals surface area contributed by atoms with Crippen LogP contribution < -0.4 is 16.0 Å². The molecule has 0 aromatic carbocycles. The summed E-state index contributed by atoms with van der Waals surface area (Å²) in [7, 11) is 0. The van der Waals surface area contributed by atoms with Gasteiger partial charge in [-0.2, -0.15) is 0 Å². The number of nitrogens with zero attached hydrogens (tertiary/aromatic N) is 2. The molecule has 3 N–H and O–H groups in total. The van der Waals surface area contributed by atoms with Crippen LogP contribution in [0.4, 0.5) is 11.5 Å². The summed E-state index contributed by atoms with van der Waals surface area (Å²) in [6.45, 7) is 6.07. The first-order valence-corrected chi connectivity index (χ1v) is 8.90. The maximum atomic E-state index is 5.92. The number of aromatic nitrogens is 1. The summed E-state index contributed by atoms with van der Waals surface area (Å²) in [6, 6.07) is 5.33. The molecule has 1 aromatic rings. The number of hydrogen-bond acceptors (Lipinski definition) is 5. The minimum Gasteiger partial charge on any atom is -0.381 e. The molecular weight excluding hydrogens is 288 g/mol. The highest BCUT2D eigenvalue weighted by atomic mass is 16.5. The lowest BCUT2D eigenvalue weighted by Crippen LogP contribution is -2.57.